The van der Waals surface area contributed by atoms with E-state index in [1.54, 1.807) is 0 Å². The summed E-state index contributed by atoms with van der Waals surface area (Å²) in [4.78, 5) is 23.8. The van der Waals surface area contributed by atoms with Crippen molar-refractivity contribution in [3.05, 3.63) is 4.91 Å². The fourth-order valence-corrected chi connectivity index (χ4v) is 6.83. The third-order valence-electron chi connectivity index (χ3n) is 8.98. The first kappa shape index (κ1) is 25.5. The number of rotatable bonds is 12. The average molecular weight is 422 g/mol. The number of nitrogens with zero attached hydrogens (tertiary/aromatic N) is 1. The first-order chi connectivity index (χ1) is 14.4. The van der Waals surface area contributed by atoms with Crippen LogP contribution < -0.4 is 0 Å². The van der Waals surface area contributed by atoms with E-state index in [1.807, 2.05) is 0 Å². The van der Waals surface area contributed by atoms with E-state index >= 15 is 0 Å². The van der Waals surface area contributed by atoms with Gasteiger partial charge in [0, 0.05) is 5.18 Å². The van der Waals surface area contributed by atoms with Gasteiger partial charge in [-0.05, 0) is 62.2 Å². The summed E-state index contributed by atoms with van der Waals surface area (Å²) in [5.74, 6) is -0.508. The van der Waals surface area contributed by atoms with Gasteiger partial charge in [-0.2, -0.15) is 0 Å². The van der Waals surface area contributed by atoms with Crippen molar-refractivity contribution in [2.45, 2.75) is 142 Å². The molecule has 4 unspecified atom stereocenters. The van der Waals surface area contributed by atoms with Crippen LogP contribution in [0.5, 0.6) is 0 Å². The maximum absolute atomic E-state index is 12.6. The summed E-state index contributed by atoms with van der Waals surface area (Å²) in [7, 11) is 0. The largest absolute Gasteiger partial charge is 0.393 e. The van der Waals surface area contributed by atoms with Crippen LogP contribution in [0.2, 0.25) is 0 Å². The van der Waals surface area contributed by atoms with Gasteiger partial charge in [-0.25, -0.2) is 0 Å². The lowest BCUT2D eigenvalue weighted by atomic mass is 9.45. The standard InChI is InChI=1S/C26H47NO3/c1-4-6-7-8-9-10-11-12-13-16-24(3)18-19-25(23(29)27-30)20-22(28)15-14-17-26(24,5-2)21-25/h22,28H,4-21H2,1-3H3. The molecule has 0 heterocycles. The molecule has 30 heavy (non-hydrogen) atoms. The average Bonchev–Trinajstić information content (AvgIpc) is 2.73. The molecular formula is C26H47NO3. The van der Waals surface area contributed by atoms with Gasteiger partial charge in [0.15, 0.2) is 0 Å². The van der Waals surface area contributed by atoms with E-state index in [0.717, 1.165) is 38.5 Å². The van der Waals surface area contributed by atoms with Crippen molar-refractivity contribution in [3.8, 4) is 0 Å². The summed E-state index contributed by atoms with van der Waals surface area (Å²) in [6, 6.07) is 0. The smallest absolute Gasteiger partial charge is 0.292 e. The molecule has 0 aliphatic heterocycles. The van der Waals surface area contributed by atoms with Gasteiger partial charge in [0.25, 0.3) is 5.91 Å². The van der Waals surface area contributed by atoms with Gasteiger partial charge in [-0.3, -0.25) is 4.79 Å². The monoisotopic (exact) mass is 421 g/mol. The van der Waals surface area contributed by atoms with Crippen LogP contribution in [0.3, 0.4) is 0 Å². The van der Waals surface area contributed by atoms with Crippen LogP contribution in [0, 0.1) is 21.2 Å². The third-order valence-corrected chi connectivity index (χ3v) is 8.98. The topological polar surface area (TPSA) is 66.7 Å². The number of amides is 1. The molecule has 1 amide bonds. The minimum absolute atomic E-state index is 0.0892. The number of aliphatic hydroxyl groups excluding tert-OH is 1. The number of fused-ring (bicyclic) bond motifs is 2. The maximum atomic E-state index is 12.6. The molecule has 2 fully saturated rings. The highest BCUT2D eigenvalue weighted by Gasteiger charge is 2.58. The summed E-state index contributed by atoms with van der Waals surface area (Å²) in [5.41, 5.74) is -0.417. The number of aliphatic hydroxyl groups is 1. The van der Waals surface area contributed by atoms with Crippen LogP contribution in [-0.2, 0) is 4.79 Å². The van der Waals surface area contributed by atoms with E-state index in [2.05, 4.69) is 25.9 Å². The van der Waals surface area contributed by atoms with E-state index in [-0.39, 0.29) is 10.8 Å². The molecule has 174 valence electrons. The fraction of sp³-hybridized carbons (Fsp3) is 0.962. The van der Waals surface area contributed by atoms with Crippen molar-refractivity contribution in [2.75, 3.05) is 0 Å². The Bertz CT molecular complexity index is 550. The Labute approximate surface area is 185 Å². The molecule has 1 N–H and O–H groups in total. The number of unbranched alkanes of at least 4 members (excludes halogenated alkanes) is 8. The summed E-state index contributed by atoms with van der Waals surface area (Å²) >= 11 is 0. The van der Waals surface area contributed by atoms with Crippen LogP contribution in [0.15, 0.2) is 5.18 Å². The second-order valence-corrected chi connectivity index (χ2v) is 10.9. The molecule has 0 aromatic heterocycles. The highest BCUT2D eigenvalue weighted by molar-refractivity contribution is 5.83. The van der Waals surface area contributed by atoms with E-state index in [1.165, 1.54) is 64.2 Å². The second kappa shape index (κ2) is 11.7. The summed E-state index contributed by atoms with van der Waals surface area (Å²) in [6.45, 7) is 6.98. The first-order valence-electron chi connectivity index (χ1n) is 12.9. The first-order valence-corrected chi connectivity index (χ1v) is 12.9. The van der Waals surface area contributed by atoms with Crippen molar-refractivity contribution in [3.63, 3.8) is 0 Å². The Balaban J connectivity index is 1.97. The van der Waals surface area contributed by atoms with Gasteiger partial charge >= 0.3 is 0 Å². The van der Waals surface area contributed by atoms with Gasteiger partial charge in [-0.1, -0.05) is 85.0 Å². The van der Waals surface area contributed by atoms with Gasteiger partial charge in [0.2, 0.25) is 0 Å². The maximum Gasteiger partial charge on any atom is 0.292 e. The minimum Gasteiger partial charge on any atom is -0.393 e. The molecule has 2 saturated carbocycles. The zero-order valence-corrected chi connectivity index (χ0v) is 20.0. The molecule has 0 aromatic carbocycles. The number of carbonyl (C=O) groups is 1. The van der Waals surface area contributed by atoms with Gasteiger partial charge in [0.05, 0.1) is 11.5 Å². The van der Waals surface area contributed by atoms with Crippen LogP contribution in [0.4, 0.5) is 0 Å². The second-order valence-electron chi connectivity index (χ2n) is 10.9. The summed E-state index contributed by atoms with van der Waals surface area (Å²) in [5, 5.41) is 13.3. The Morgan fingerprint density at radius 2 is 1.60 bits per heavy atom. The lowest BCUT2D eigenvalue weighted by Crippen LogP contribution is -2.53. The molecule has 2 aliphatic rings. The molecule has 0 spiro atoms. The molecule has 0 saturated heterocycles. The molecule has 0 aromatic rings. The summed E-state index contributed by atoms with van der Waals surface area (Å²) < 4.78 is 0. The van der Waals surface area contributed by atoms with Crippen molar-refractivity contribution < 1.29 is 9.90 Å². The van der Waals surface area contributed by atoms with Gasteiger partial charge < -0.3 is 5.11 Å². The molecule has 4 atom stereocenters. The third kappa shape index (κ3) is 5.93. The van der Waals surface area contributed by atoms with Crippen molar-refractivity contribution in [2.24, 2.45) is 21.4 Å². The molecule has 0 radical (unpaired) electrons. The van der Waals surface area contributed by atoms with Crippen LogP contribution in [-0.4, -0.2) is 17.1 Å². The van der Waals surface area contributed by atoms with Crippen LogP contribution >= 0.6 is 0 Å². The Morgan fingerprint density at radius 3 is 2.20 bits per heavy atom. The molecule has 2 aliphatic carbocycles. The van der Waals surface area contributed by atoms with E-state index < -0.39 is 17.4 Å². The van der Waals surface area contributed by atoms with Crippen LogP contribution in [0.25, 0.3) is 0 Å². The highest BCUT2D eigenvalue weighted by Crippen LogP contribution is 2.64. The predicted molar refractivity (Wildman–Crippen MR) is 124 cm³/mol. The van der Waals surface area contributed by atoms with Crippen molar-refractivity contribution >= 4 is 5.91 Å². The fourth-order valence-electron chi connectivity index (χ4n) is 6.83. The molecule has 2 rings (SSSR count). The molecule has 2 bridgehead atoms. The Morgan fingerprint density at radius 1 is 0.967 bits per heavy atom. The van der Waals surface area contributed by atoms with Gasteiger partial charge in [0.1, 0.15) is 0 Å². The highest BCUT2D eigenvalue weighted by atomic mass is 16.3. The number of nitroso groups, excluding NO2 is 1. The molecular weight excluding hydrogens is 374 g/mol. The number of carbonyl (C=O) groups excluding carboxylic acids is 1. The Kier molecular flexibility index (Phi) is 9.97. The lowest BCUT2D eigenvalue weighted by molar-refractivity contribution is -0.149. The summed E-state index contributed by atoms with van der Waals surface area (Å²) in [6.07, 6.45) is 19.6. The zero-order chi connectivity index (χ0) is 22.1. The van der Waals surface area contributed by atoms with E-state index in [0.29, 0.717) is 12.8 Å². The van der Waals surface area contributed by atoms with Crippen molar-refractivity contribution in [1.82, 2.24) is 0 Å². The number of hydrogen-bond acceptors (Lipinski definition) is 3. The van der Waals surface area contributed by atoms with E-state index in [9.17, 15) is 14.8 Å². The van der Waals surface area contributed by atoms with Crippen molar-refractivity contribution in [1.29, 1.82) is 0 Å². The minimum atomic E-state index is -0.727. The zero-order valence-electron chi connectivity index (χ0n) is 20.0. The Hall–Kier alpha value is -0.770. The quantitative estimate of drug-likeness (QED) is 0.259. The normalized spacial score (nSPS) is 34.2. The predicted octanol–water partition coefficient (Wildman–Crippen LogP) is 7.71. The lowest BCUT2D eigenvalue weighted by Gasteiger charge is -2.59. The molecule has 4 heteroatoms. The van der Waals surface area contributed by atoms with Crippen LogP contribution in [0.1, 0.15) is 136 Å². The molecule has 4 nitrogen and oxygen atoms in total. The number of hydrogen-bond donors (Lipinski definition) is 1. The van der Waals surface area contributed by atoms with E-state index in [4.69, 9.17) is 0 Å². The van der Waals surface area contributed by atoms with Gasteiger partial charge in [-0.15, -0.1) is 4.91 Å². The SMILES string of the molecule is CCCCCCCCCCCC1(C)CCC2(C(=O)N=O)CC(O)CCCC1(CC)C2.